The van der Waals surface area contributed by atoms with Gasteiger partial charge in [-0.1, -0.05) is 87.8 Å². The van der Waals surface area contributed by atoms with E-state index in [0.717, 1.165) is 47.3 Å². The molecule has 4 aromatic carbocycles. The Morgan fingerprint density at radius 1 is 0.667 bits per heavy atom. The predicted octanol–water partition coefficient (Wildman–Crippen LogP) is 7.01. The molecule has 382 valence electrons. The van der Waals surface area contributed by atoms with Crippen LogP contribution in [-0.2, 0) is 49.6 Å². The maximum absolute atomic E-state index is 13.7. The third-order valence-corrected chi connectivity index (χ3v) is 14.3. The van der Waals surface area contributed by atoms with Crippen molar-refractivity contribution in [3.05, 3.63) is 152 Å². The van der Waals surface area contributed by atoms with Crippen LogP contribution < -0.4 is 25.8 Å². The number of benzene rings is 3. The lowest BCUT2D eigenvalue weighted by molar-refractivity contribution is -0.428. The number of hydrogen-bond acceptors (Lipinski definition) is 14. The zero-order valence-corrected chi connectivity index (χ0v) is 46.0. The number of anilines is 2. The maximum atomic E-state index is 13.7. The average molecular weight is 1180 g/mol. The van der Waals surface area contributed by atoms with E-state index in [1.54, 1.807) is 26.0 Å². The minimum absolute atomic E-state index is 0. The SMILES string of the molecule is C=C1N(CC(=O)OCC)c2ccc(Br)cc2C1(C)C.CCOC(=O)CN1C(=CC2=C([O-])C(=CC3=[N+](CC(=O)OCC)c4ccc(Br)cc4C3(C)C)C2=O)C(C)(C)c2cc(Br)ccc21.O.O=c1c(O)c(O)c1=O. The third kappa shape index (κ3) is 10.7. The highest BCUT2D eigenvalue weighted by molar-refractivity contribution is 9.11. The monoisotopic (exact) mass is 1180 g/mol. The molecule has 0 aromatic heterocycles. The van der Waals surface area contributed by atoms with Crippen LogP contribution in [-0.4, -0.2) is 89.1 Å². The van der Waals surface area contributed by atoms with Crippen molar-refractivity contribution in [1.29, 1.82) is 0 Å². The number of hydrogen-bond donors (Lipinski definition) is 2. The number of allylic oxidation sites excluding steroid dienone is 6. The zero-order valence-electron chi connectivity index (χ0n) is 41.3. The van der Waals surface area contributed by atoms with Gasteiger partial charge in [0.05, 0.1) is 25.2 Å². The van der Waals surface area contributed by atoms with E-state index < -0.39 is 45.1 Å². The summed E-state index contributed by atoms with van der Waals surface area (Å²) in [4.78, 5) is 74.3. The van der Waals surface area contributed by atoms with Crippen LogP contribution >= 0.6 is 47.8 Å². The number of carbonyl (C=O) groups is 4. The van der Waals surface area contributed by atoms with Gasteiger partial charge in [0.25, 0.3) is 10.9 Å². The van der Waals surface area contributed by atoms with Gasteiger partial charge in [-0.15, -0.1) is 0 Å². The zero-order chi connectivity index (χ0) is 52.7. The molecule has 8 rings (SSSR count). The van der Waals surface area contributed by atoms with Crippen LogP contribution in [0, 0.1) is 0 Å². The summed E-state index contributed by atoms with van der Waals surface area (Å²) in [7, 11) is 0. The van der Waals surface area contributed by atoms with Crippen molar-refractivity contribution in [3.63, 3.8) is 0 Å². The molecule has 4 N–H and O–H groups in total. The van der Waals surface area contributed by atoms with Crippen LogP contribution in [0.1, 0.15) is 79.0 Å². The fourth-order valence-corrected chi connectivity index (χ4v) is 10.0. The van der Waals surface area contributed by atoms with Gasteiger partial charge in [0.15, 0.2) is 11.5 Å². The van der Waals surface area contributed by atoms with Gasteiger partial charge in [-0.05, 0) is 100 Å². The first-order valence-electron chi connectivity index (χ1n) is 22.6. The van der Waals surface area contributed by atoms with Crippen LogP contribution in [0.3, 0.4) is 0 Å². The molecule has 19 heteroatoms. The molecule has 4 aliphatic rings. The summed E-state index contributed by atoms with van der Waals surface area (Å²) in [5.74, 6) is -3.46. The number of fused-ring (bicyclic) bond motifs is 3. The maximum Gasteiger partial charge on any atom is 0.372 e. The van der Waals surface area contributed by atoms with Crippen molar-refractivity contribution in [2.75, 3.05) is 49.3 Å². The van der Waals surface area contributed by atoms with Crippen LogP contribution in [0.5, 0.6) is 11.5 Å². The quantitative estimate of drug-likeness (QED) is 0.0506. The van der Waals surface area contributed by atoms with Gasteiger partial charge in [-0.2, -0.15) is 4.58 Å². The van der Waals surface area contributed by atoms with Crippen molar-refractivity contribution in [2.45, 2.75) is 78.6 Å². The molecule has 16 nitrogen and oxygen atoms in total. The molecule has 3 heterocycles. The number of Topliss-reactive ketones (excluding diaryl/α,β-unsaturated/α-hetero) is 1. The fourth-order valence-electron chi connectivity index (χ4n) is 8.96. The summed E-state index contributed by atoms with van der Waals surface area (Å²) in [6.45, 7) is 22.7. The Balaban J connectivity index is 0.000000281. The molecule has 0 atom stereocenters. The van der Waals surface area contributed by atoms with Crippen molar-refractivity contribution in [3.8, 4) is 11.5 Å². The summed E-state index contributed by atoms with van der Waals surface area (Å²) < 4.78 is 20.1. The Bertz CT molecular complexity index is 3070. The van der Waals surface area contributed by atoms with E-state index in [-0.39, 0.29) is 72.4 Å². The van der Waals surface area contributed by atoms with E-state index >= 15 is 0 Å². The van der Waals surface area contributed by atoms with Gasteiger partial charge >= 0.3 is 17.9 Å². The standard InChI is InChI=1S/C34H34Br2N2O6.C15H18BrNO2.C4H2O4.H2O/c1-7-43-29(39)17-37-25-11-9-19(35)13-23(25)33(3,4)27(37)15-21-31(41)22(32(21)42)16-28-34(5,6)24-14-20(36)10-12-26(24)38(28)18-30(40)44-8-2;1-5-19-14(18)9-17-10(2)15(3,4)12-8-11(16)6-7-13(12)17;5-1-2(6)4(8)3(1)7;/h9-16H,7-8,17-18H2,1-6H3;6-8H,2,5,9H2,1,3-4H3;5-6H;1H2. The van der Waals surface area contributed by atoms with Gasteiger partial charge in [0.1, 0.15) is 13.1 Å². The largest absolute Gasteiger partial charge is 0.871 e. The van der Waals surface area contributed by atoms with Crippen molar-refractivity contribution in [1.82, 2.24) is 0 Å². The van der Waals surface area contributed by atoms with Gasteiger partial charge in [0, 0.05) is 75.9 Å². The molecule has 0 radical (unpaired) electrons. The molecule has 4 aromatic rings. The summed E-state index contributed by atoms with van der Waals surface area (Å²) in [5.41, 5.74) is 4.69. The van der Waals surface area contributed by atoms with Gasteiger partial charge < -0.3 is 44.8 Å². The molecule has 72 heavy (non-hydrogen) atoms. The Morgan fingerprint density at radius 2 is 1.11 bits per heavy atom. The summed E-state index contributed by atoms with van der Waals surface area (Å²) in [5, 5.41) is 30.1. The molecule has 0 spiro atoms. The van der Waals surface area contributed by atoms with E-state index in [2.05, 4.69) is 74.3 Å². The number of ketones is 1. The van der Waals surface area contributed by atoms with Gasteiger partial charge in [0.2, 0.25) is 23.7 Å². The second-order valence-electron chi connectivity index (χ2n) is 18.4. The van der Waals surface area contributed by atoms with Crippen molar-refractivity contribution < 1.29 is 58.8 Å². The van der Waals surface area contributed by atoms with Crippen molar-refractivity contribution in [2.24, 2.45) is 0 Å². The molecular weight excluding hydrogens is 1130 g/mol. The van der Waals surface area contributed by atoms with Crippen molar-refractivity contribution >= 4 is 94.3 Å². The van der Waals surface area contributed by atoms with Crippen LogP contribution in [0.2, 0.25) is 0 Å². The first kappa shape index (κ1) is 56.8. The lowest BCUT2D eigenvalue weighted by atomic mass is 9.77. The Kier molecular flexibility index (Phi) is 17.3. The van der Waals surface area contributed by atoms with E-state index in [4.69, 9.17) is 24.4 Å². The number of rotatable bonds is 11. The normalized spacial score (nSPS) is 17.6. The Hall–Kier alpha value is -6.15. The highest BCUT2D eigenvalue weighted by Crippen LogP contribution is 2.51. The first-order chi connectivity index (χ1) is 33.2. The van der Waals surface area contributed by atoms with E-state index in [9.17, 15) is 33.9 Å². The molecular formula is C53H56Br3N3O13. The number of ether oxygens (including phenoxy) is 3. The highest BCUT2D eigenvalue weighted by atomic mass is 79.9. The summed E-state index contributed by atoms with van der Waals surface area (Å²) >= 11 is 10.6. The number of esters is 3. The molecule has 0 bridgehead atoms. The average Bonchev–Trinajstić information content (AvgIpc) is 3.73. The topological polar surface area (TPSA) is 235 Å². The minimum atomic E-state index is -1.01. The summed E-state index contributed by atoms with van der Waals surface area (Å²) in [6, 6.07) is 17.7. The van der Waals surface area contributed by atoms with E-state index in [0.29, 0.717) is 18.0 Å². The predicted molar refractivity (Wildman–Crippen MR) is 282 cm³/mol. The molecule has 0 unspecified atom stereocenters. The lowest BCUT2D eigenvalue weighted by Crippen LogP contribution is -2.36. The number of nitrogens with zero attached hydrogens (tertiary/aromatic N) is 3. The van der Waals surface area contributed by atoms with Crippen LogP contribution in [0.25, 0.3) is 0 Å². The molecule has 0 saturated heterocycles. The number of carbonyl (C=O) groups excluding carboxylic acids is 4. The summed E-state index contributed by atoms with van der Waals surface area (Å²) in [6.07, 6.45) is 3.23. The smallest absolute Gasteiger partial charge is 0.372 e. The fraction of sp³-hybridized carbons (Fsp3) is 0.340. The van der Waals surface area contributed by atoms with Crippen LogP contribution in [0.15, 0.2) is 125 Å². The number of halogens is 3. The second-order valence-corrected chi connectivity index (χ2v) is 21.1. The third-order valence-electron chi connectivity index (χ3n) is 12.9. The number of aromatic hydroxyl groups is 2. The Labute approximate surface area is 442 Å². The molecule has 0 saturated carbocycles. The molecule has 0 amide bonds. The van der Waals surface area contributed by atoms with E-state index in [1.165, 1.54) is 5.56 Å². The van der Waals surface area contributed by atoms with Gasteiger partial charge in [-0.25, -0.2) is 4.79 Å². The molecule has 0 fully saturated rings. The highest BCUT2D eigenvalue weighted by Gasteiger charge is 2.48. The van der Waals surface area contributed by atoms with Gasteiger partial charge in [-0.3, -0.25) is 24.0 Å². The molecule has 1 aliphatic carbocycles. The minimum Gasteiger partial charge on any atom is -0.871 e. The Morgan fingerprint density at radius 3 is 1.60 bits per heavy atom. The van der Waals surface area contributed by atoms with Crippen LogP contribution in [0.4, 0.5) is 17.1 Å². The first-order valence-corrected chi connectivity index (χ1v) is 25.0. The van der Waals surface area contributed by atoms with E-state index in [1.807, 2.05) is 97.5 Å². The lowest BCUT2D eigenvalue weighted by Gasteiger charge is -2.32. The second kappa shape index (κ2) is 21.9. The molecule has 3 aliphatic heterocycles.